The van der Waals surface area contributed by atoms with Crippen LogP contribution in [0.2, 0.25) is 0 Å². The van der Waals surface area contributed by atoms with E-state index in [0.29, 0.717) is 6.42 Å². The molecule has 1 unspecified atom stereocenters. The molecule has 3 heteroatoms. The Morgan fingerprint density at radius 3 is 1.45 bits per heavy atom. The Kier molecular flexibility index (Phi) is 3.82. The summed E-state index contributed by atoms with van der Waals surface area (Å²) in [6.07, 6.45) is 2.33. The van der Waals surface area contributed by atoms with Crippen molar-refractivity contribution in [3.63, 3.8) is 0 Å². The second-order valence-corrected chi connectivity index (χ2v) is 3.75. The van der Waals surface area contributed by atoms with Crippen LogP contribution in [-0.2, 0) is 0 Å². The lowest BCUT2D eigenvalue weighted by molar-refractivity contribution is 0.277. The average Bonchev–Trinajstić information content (AvgIpc) is 2.02. The summed E-state index contributed by atoms with van der Waals surface area (Å²) in [7, 11) is 0. The summed E-state index contributed by atoms with van der Waals surface area (Å²) in [5.41, 5.74) is 11.5. The number of halogens is 1. The predicted molar refractivity (Wildman–Crippen MR) is 50.6 cm³/mol. The van der Waals surface area contributed by atoms with Crippen molar-refractivity contribution in [1.82, 2.24) is 0 Å². The minimum absolute atomic E-state index is 0.427. The highest BCUT2D eigenvalue weighted by Crippen LogP contribution is 2.30. The molecule has 4 N–H and O–H groups in total. The Bertz CT molecular complexity index is 119. The third-order valence-corrected chi connectivity index (χ3v) is 3.25. The highest BCUT2D eigenvalue weighted by Gasteiger charge is 2.40. The zero-order valence-corrected chi connectivity index (χ0v) is 8.41. The fourth-order valence-corrected chi connectivity index (χ4v) is 1.46. The van der Waals surface area contributed by atoms with Crippen molar-refractivity contribution >= 4 is 11.6 Å². The molecular formula is C8H19ClN2. The lowest BCUT2D eigenvalue weighted by Crippen LogP contribution is -2.61. The van der Waals surface area contributed by atoms with E-state index in [0.717, 1.165) is 12.8 Å². The van der Waals surface area contributed by atoms with E-state index < -0.39 is 10.5 Å². The Balaban J connectivity index is 4.47. The molecule has 0 radical (unpaired) electrons. The Morgan fingerprint density at radius 1 is 1.00 bits per heavy atom. The van der Waals surface area contributed by atoms with E-state index in [1.807, 2.05) is 20.8 Å². The minimum Gasteiger partial charge on any atom is -0.323 e. The van der Waals surface area contributed by atoms with Crippen LogP contribution in [0, 0.1) is 0 Å². The molecule has 0 aliphatic carbocycles. The highest BCUT2D eigenvalue weighted by atomic mass is 35.5. The van der Waals surface area contributed by atoms with Gasteiger partial charge in [-0.15, -0.1) is 11.6 Å². The maximum Gasteiger partial charge on any atom is 0.109 e. The van der Waals surface area contributed by atoms with Gasteiger partial charge in [-0.25, -0.2) is 0 Å². The quantitative estimate of drug-likeness (QED) is 0.510. The molecule has 0 aromatic rings. The molecule has 0 bridgehead atoms. The van der Waals surface area contributed by atoms with E-state index in [1.54, 1.807) is 0 Å². The summed E-state index contributed by atoms with van der Waals surface area (Å²) >= 11 is 6.08. The van der Waals surface area contributed by atoms with Crippen molar-refractivity contribution in [2.75, 3.05) is 0 Å². The third-order valence-electron chi connectivity index (χ3n) is 2.60. The van der Waals surface area contributed by atoms with E-state index in [2.05, 4.69) is 0 Å². The first-order chi connectivity index (χ1) is 4.93. The molecule has 0 heterocycles. The van der Waals surface area contributed by atoms with E-state index in [9.17, 15) is 0 Å². The highest BCUT2D eigenvalue weighted by molar-refractivity contribution is 6.24. The van der Waals surface area contributed by atoms with Crippen molar-refractivity contribution in [2.45, 2.75) is 50.6 Å². The van der Waals surface area contributed by atoms with Gasteiger partial charge in [0.05, 0.1) is 0 Å². The SMILES string of the molecule is CCC(N)(Cl)C(N)(CC)CC. The van der Waals surface area contributed by atoms with Gasteiger partial charge in [-0.1, -0.05) is 20.8 Å². The van der Waals surface area contributed by atoms with Gasteiger partial charge in [0.2, 0.25) is 0 Å². The molecule has 0 amide bonds. The van der Waals surface area contributed by atoms with Crippen LogP contribution in [0.1, 0.15) is 40.0 Å². The van der Waals surface area contributed by atoms with Crippen molar-refractivity contribution in [3.8, 4) is 0 Å². The van der Waals surface area contributed by atoms with E-state index in [-0.39, 0.29) is 0 Å². The van der Waals surface area contributed by atoms with Crippen LogP contribution >= 0.6 is 11.6 Å². The molecule has 0 aliphatic rings. The fourth-order valence-electron chi connectivity index (χ4n) is 1.19. The van der Waals surface area contributed by atoms with Gasteiger partial charge in [0.25, 0.3) is 0 Å². The first kappa shape index (κ1) is 11.2. The maximum atomic E-state index is 6.08. The summed E-state index contributed by atoms with van der Waals surface area (Å²) in [6, 6.07) is 0. The smallest absolute Gasteiger partial charge is 0.109 e. The predicted octanol–water partition coefficient (Wildman–Crippen LogP) is 1.81. The first-order valence-corrected chi connectivity index (χ1v) is 4.58. The lowest BCUT2D eigenvalue weighted by atomic mass is 9.84. The molecule has 0 saturated heterocycles. The fraction of sp³-hybridized carbons (Fsp3) is 1.00. The maximum absolute atomic E-state index is 6.08. The van der Waals surface area contributed by atoms with Gasteiger partial charge < -0.3 is 11.5 Å². The molecule has 0 fully saturated rings. The molecule has 0 rings (SSSR count). The van der Waals surface area contributed by atoms with Gasteiger partial charge in [0, 0.05) is 5.54 Å². The summed E-state index contributed by atoms with van der Waals surface area (Å²) in [5.74, 6) is 0. The van der Waals surface area contributed by atoms with Crippen LogP contribution in [0.5, 0.6) is 0 Å². The van der Waals surface area contributed by atoms with Crippen LogP contribution in [-0.4, -0.2) is 10.5 Å². The summed E-state index contributed by atoms with van der Waals surface area (Å²) in [6.45, 7) is 5.99. The van der Waals surface area contributed by atoms with Crippen molar-refractivity contribution in [2.24, 2.45) is 11.5 Å². The summed E-state index contributed by atoms with van der Waals surface area (Å²) in [5, 5.41) is 0. The van der Waals surface area contributed by atoms with Crippen LogP contribution in [0.15, 0.2) is 0 Å². The van der Waals surface area contributed by atoms with Gasteiger partial charge in [-0.05, 0) is 19.3 Å². The van der Waals surface area contributed by atoms with E-state index in [4.69, 9.17) is 23.1 Å². The van der Waals surface area contributed by atoms with Crippen LogP contribution < -0.4 is 11.5 Å². The van der Waals surface area contributed by atoms with Crippen molar-refractivity contribution in [1.29, 1.82) is 0 Å². The van der Waals surface area contributed by atoms with Crippen LogP contribution in [0.25, 0.3) is 0 Å². The molecule has 0 aromatic carbocycles. The Labute approximate surface area is 74.3 Å². The van der Waals surface area contributed by atoms with Crippen LogP contribution in [0.4, 0.5) is 0 Å². The molecule has 0 spiro atoms. The van der Waals surface area contributed by atoms with Gasteiger partial charge in [0.1, 0.15) is 5.00 Å². The van der Waals surface area contributed by atoms with Crippen molar-refractivity contribution in [3.05, 3.63) is 0 Å². The standard InChI is InChI=1S/C8H19ClN2/c1-4-7(10,5-2)8(9,11)6-3/h4-6,10-11H2,1-3H3. The largest absolute Gasteiger partial charge is 0.323 e. The van der Waals surface area contributed by atoms with E-state index >= 15 is 0 Å². The second kappa shape index (κ2) is 3.74. The number of hydrogen-bond donors (Lipinski definition) is 2. The third kappa shape index (κ3) is 2.08. The van der Waals surface area contributed by atoms with Crippen LogP contribution in [0.3, 0.4) is 0 Å². The summed E-state index contributed by atoms with van der Waals surface area (Å²) < 4.78 is 0. The molecule has 2 nitrogen and oxygen atoms in total. The number of alkyl halides is 1. The van der Waals surface area contributed by atoms with Gasteiger partial charge >= 0.3 is 0 Å². The average molecular weight is 179 g/mol. The second-order valence-electron chi connectivity index (χ2n) is 3.08. The van der Waals surface area contributed by atoms with Gasteiger partial charge in [-0.3, -0.25) is 0 Å². The topological polar surface area (TPSA) is 52.0 Å². The Hall–Kier alpha value is 0.210. The minimum atomic E-state index is -0.753. The molecule has 0 aromatic heterocycles. The number of hydrogen-bond acceptors (Lipinski definition) is 2. The monoisotopic (exact) mass is 178 g/mol. The molecular weight excluding hydrogens is 160 g/mol. The molecule has 11 heavy (non-hydrogen) atoms. The summed E-state index contributed by atoms with van der Waals surface area (Å²) in [4.78, 5) is -0.753. The zero-order valence-electron chi connectivity index (χ0n) is 7.65. The first-order valence-electron chi connectivity index (χ1n) is 4.20. The molecule has 0 aliphatic heterocycles. The zero-order chi connectivity index (χ0) is 9.12. The molecule has 1 atom stereocenters. The normalized spacial score (nSPS) is 18.0. The number of rotatable bonds is 4. The molecule has 68 valence electrons. The Morgan fingerprint density at radius 2 is 1.36 bits per heavy atom. The van der Waals surface area contributed by atoms with Gasteiger partial charge in [0.15, 0.2) is 0 Å². The van der Waals surface area contributed by atoms with Gasteiger partial charge in [-0.2, -0.15) is 0 Å². The van der Waals surface area contributed by atoms with Crippen molar-refractivity contribution < 1.29 is 0 Å². The molecule has 0 saturated carbocycles. The lowest BCUT2D eigenvalue weighted by Gasteiger charge is -2.40. The number of nitrogens with two attached hydrogens (primary N) is 2. The van der Waals surface area contributed by atoms with E-state index in [1.165, 1.54) is 0 Å².